The molecule has 0 radical (unpaired) electrons. The van der Waals surface area contributed by atoms with Crippen molar-refractivity contribution in [3.8, 4) is 5.75 Å². The number of aliphatic carboxylic acids is 1. The molecule has 0 spiro atoms. The number of nitrogens with zero attached hydrogens (tertiary/aromatic N) is 2. The van der Waals surface area contributed by atoms with Crippen LogP contribution in [0, 0.1) is 18.8 Å². The summed E-state index contributed by atoms with van der Waals surface area (Å²) in [5.41, 5.74) is 1.53. The summed E-state index contributed by atoms with van der Waals surface area (Å²) in [5.74, 6) is -1.35. The molecule has 1 aliphatic carbocycles. The van der Waals surface area contributed by atoms with Crippen LogP contribution in [-0.2, 0) is 9.59 Å². The van der Waals surface area contributed by atoms with Crippen molar-refractivity contribution in [3.63, 3.8) is 0 Å². The van der Waals surface area contributed by atoms with E-state index in [1.54, 1.807) is 29.0 Å². The molecule has 2 fully saturated rings. The molecular formula is C19H24N2O5. The summed E-state index contributed by atoms with van der Waals surface area (Å²) in [6.07, 6.45) is 1.21. The van der Waals surface area contributed by atoms with Crippen molar-refractivity contribution in [2.45, 2.75) is 19.8 Å². The molecule has 0 bridgehead atoms. The minimum atomic E-state index is -0.892. The second kappa shape index (κ2) is 7.35. The van der Waals surface area contributed by atoms with E-state index in [2.05, 4.69) is 0 Å². The number of ether oxygens (including phenoxy) is 1. The number of aryl methyl sites for hydroxylation is 1. The van der Waals surface area contributed by atoms with E-state index in [9.17, 15) is 14.4 Å². The van der Waals surface area contributed by atoms with E-state index in [0.29, 0.717) is 50.3 Å². The predicted molar refractivity (Wildman–Crippen MR) is 94.1 cm³/mol. The quantitative estimate of drug-likeness (QED) is 0.877. The second-order valence-electron chi connectivity index (χ2n) is 6.93. The van der Waals surface area contributed by atoms with E-state index < -0.39 is 17.8 Å². The topological polar surface area (TPSA) is 87.2 Å². The Kier molecular flexibility index (Phi) is 5.15. The van der Waals surface area contributed by atoms with Crippen molar-refractivity contribution < 1.29 is 24.2 Å². The van der Waals surface area contributed by atoms with Crippen LogP contribution in [0.3, 0.4) is 0 Å². The first kappa shape index (κ1) is 18.2. The summed E-state index contributed by atoms with van der Waals surface area (Å²) in [6, 6.07) is 5.37. The number of carboxylic acids is 1. The van der Waals surface area contributed by atoms with Crippen LogP contribution < -0.4 is 4.74 Å². The Balaban J connectivity index is 1.59. The van der Waals surface area contributed by atoms with Gasteiger partial charge < -0.3 is 19.6 Å². The van der Waals surface area contributed by atoms with Crippen LogP contribution in [0.4, 0.5) is 0 Å². The Morgan fingerprint density at radius 1 is 1.04 bits per heavy atom. The van der Waals surface area contributed by atoms with Crippen LogP contribution >= 0.6 is 0 Å². The molecule has 3 rings (SSSR count). The number of carbonyl (C=O) groups excluding carboxylic acids is 2. The summed E-state index contributed by atoms with van der Waals surface area (Å²) in [7, 11) is 1.58. The average molecular weight is 360 g/mol. The molecule has 1 aliphatic heterocycles. The van der Waals surface area contributed by atoms with Crippen molar-refractivity contribution in [2.24, 2.45) is 11.8 Å². The van der Waals surface area contributed by atoms with Crippen molar-refractivity contribution in [1.82, 2.24) is 9.80 Å². The number of rotatable bonds is 4. The third-order valence-electron chi connectivity index (χ3n) is 5.44. The highest BCUT2D eigenvalue weighted by Crippen LogP contribution is 2.36. The zero-order valence-electron chi connectivity index (χ0n) is 15.1. The predicted octanol–water partition coefficient (Wildman–Crippen LogP) is 1.40. The molecule has 7 nitrogen and oxygen atoms in total. The Hall–Kier alpha value is -2.57. The molecule has 2 aliphatic rings. The monoisotopic (exact) mass is 360 g/mol. The Morgan fingerprint density at radius 3 is 2.19 bits per heavy atom. The van der Waals surface area contributed by atoms with Crippen LogP contribution in [-0.4, -0.2) is 66.0 Å². The molecule has 1 heterocycles. The van der Waals surface area contributed by atoms with Gasteiger partial charge in [0.15, 0.2) is 0 Å². The van der Waals surface area contributed by atoms with Crippen LogP contribution in [0.1, 0.15) is 28.8 Å². The SMILES string of the molecule is COc1cc(C(=O)N2CCN(C(=O)C3CCC3C(=O)O)CC2)ccc1C. The zero-order chi connectivity index (χ0) is 18.8. The minimum Gasteiger partial charge on any atom is -0.496 e. The number of carbonyl (C=O) groups is 3. The molecule has 2 atom stereocenters. The van der Waals surface area contributed by atoms with E-state index in [4.69, 9.17) is 9.84 Å². The van der Waals surface area contributed by atoms with Gasteiger partial charge in [0, 0.05) is 31.7 Å². The molecule has 1 aromatic carbocycles. The van der Waals surface area contributed by atoms with Crippen LogP contribution in [0.25, 0.3) is 0 Å². The van der Waals surface area contributed by atoms with Gasteiger partial charge in [0.1, 0.15) is 5.75 Å². The van der Waals surface area contributed by atoms with E-state index >= 15 is 0 Å². The van der Waals surface area contributed by atoms with Crippen molar-refractivity contribution >= 4 is 17.8 Å². The highest BCUT2D eigenvalue weighted by molar-refractivity contribution is 5.95. The molecule has 1 N–H and O–H groups in total. The Labute approximate surface area is 152 Å². The van der Waals surface area contributed by atoms with Gasteiger partial charge in [-0.15, -0.1) is 0 Å². The van der Waals surface area contributed by atoms with Crippen LogP contribution in [0.5, 0.6) is 5.75 Å². The van der Waals surface area contributed by atoms with Gasteiger partial charge in [-0.05, 0) is 37.5 Å². The summed E-state index contributed by atoms with van der Waals surface area (Å²) < 4.78 is 5.27. The lowest BCUT2D eigenvalue weighted by Crippen LogP contribution is -2.54. The lowest BCUT2D eigenvalue weighted by molar-refractivity contribution is -0.157. The third-order valence-corrected chi connectivity index (χ3v) is 5.44. The number of hydrogen-bond donors (Lipinski definition) is 1. The van der Waals surface area contributed by atoms with Crippen molar-refractivity contribution in [1.29, 1.82) is 0 Å². The molecule has 140 valence electrons. The molecule has 1 saturated heterocycles. The van der Waals surface area contributed by atoms with Gasteiger partial charge in [-0.3, -0.25) is 14.4 Å². The summed E-state index contributed by atoms with van der Waals surface area (Å²) in [6.45, 7) is 3.70. The van der Waals surface area contributed by atoms with E-state index in [1.807, 2.05) is 13.0 Å². The lowest BCUT2D eigenvalue weighted by Gasteiger charge is -2.40. The number of methoxy groups -OCH3 is 1. The molecule has 1 aromatic rings. The fourth-order valence-corrected chi connectivity index (χ4v) is 3.59. The third kappa shape index (κ3) is 3.38. The highest BCUT2D eigenvalue weighted by Gasteiger charge is 2.43. The standard InChI is InChI=1S/C19H24N2O5/c1-12-3-4-13(11-16(12)26-2)17(22)20-7-9-21(10-8-20)18(23)14-5-6-15(14)19(24)25/h3-4,11,14-15H,5-10H2,1-2H3,(H,24,25). The summed E-state index contributed by atoms with van der Waals surface area (Å²) in [5, 5.41) is 9.12. The maximum absolute atomic E-state index is 12.7. The number of carboxylic acid groups (broad SMARTS) is 1. The Morgan fingerprint density at radius 2 is 1.65 bits per heavy atom. The first-order valence-electron chi connectivity index (χ1n) is 8.88. The van der Waals surface area contributed by atoms with Gasteiger partial charge in [-0.1, -0.05) is 6.07 Å². The maximum atomic E-state index is 12.7. The first-order chi connectivity index (χ1) is 12.4. The van der Waals surface area contributed by atoms with Gasteiger partial charge in [-0.25, -0.2) is 0 Å². The van der Waals surface area contributed by atoms with E-state index in [0.717, 1.165) is 5.56 Å². The fourth-order valence-electron chi connectivity index (χ4n) is 3.59. The highest BCUT2D eigenvalue weighted by atomic mass is 16.5. The largest absolute Gasteiger partial charge is 0.496 e. The van der Waals surface area contributed by atoms with Crippen LogP contribution in [0.2, 0.25) is 0 Å². The lowest BCUT2D eigenvalue weighted by atomic mass is 9.73. The Bertz CT molecular complexity index is 725. The summed E-state index contributed by atoms with van der Waals surface area (Å²) >= 11 is 0. The van der Waals surface area contributed by atoms with E-state index in [1.165, 1.54) is 0 Å². The molecular weight excluding hydrogens is 336 g/mol. The van der Waals surface area contributed by atoms with Gasteiger partial charge in [0.25, 0.3) is 5.91 Å². The van der Waals surface area contributed by atoms with Gasteiger partial charge in [0.05, 0.1) is 18.9 Å². The smallest absolute Gasteiger partial charge is 0.307 e. The average Bonchev–Trinajstić information content (AvgIpc) is 2.60. The number of piperazine rings is 1. The second-order valence-corrected chi connectivity index (χ2v) is 6.93. The minimum absolute atomic E-state index is 0.0811. The van der Waals surface area contributed by atoms with Gasteiger partial charge in [-0.2, -0.15) is 0 Å². The van der Waals surface area contributed by atoms with E-state index in [-0.39, 0.29) is 11.8 Å². The number of amides is 2. The molecule has 0 aromatic heterocycles. The molecule has 1 saturated carbocycles. The zero-order valence-corrected chi connectivity index (χ0v) is 15.1. The molecule has 2 unspecified atom stereocenters. The first-order valence-corrected chi connectivity index (χ1v) is 8.88. The molecule has 2 amide bonds. The van der Waals surface area contributed by atoms with Crippen LogP contribution in [0.15, 0.2) is 18.2 Å². The normalized spacial score (nSPS) is 22.5. The maximum Gasteiger partial charge on any atom is 0.307 e. The van der Waals surface area contributed by atoms with Crippen molar-refractivity contribution in [2.75, 3.05) is 33.3 Å². The van der Waals surface area contributed by atoms with Crippen molar-refractivity contribution in [3.05, 3.63) is 29.3 Å². The number of hydrogen-bond acceptors (Lipinski definition) is 4. The van der Waals surface area contributed by atoms with Gasteiger partial charge >= 0.3 is 5.97 Å². The molecule has 26 heavy (non-hydrogen) atoms. The number of benzene rings is 1. The fraction of sp³-hybridized carbons (Fsp3) is 0.526. The van der Waals surface area contributed by atoms with Gasteiger partial charge in [0.2, 0.25) is 5.91 Å². The summed E-state index contributed by atoms with van der Waals surface area (Å²) in [4.78, 5) is 39.7. The molecule has 7 heteroatoms.